The summed E-state index contributed by atoms with van der Waals surface area (Å²) in [6.07, 6.45) is 4.46. The molecular weight excluding hydrogens is 422 g/mol. The van der Waals surface area contributed by atoms with Crippen molar-refractivity contribution in [3.63, 3.8) is 0 Å². The van der Waals surface area contributed by atoms with Gasteiger partial charge >= 0.3 is 5.97 Å². The summed E-state index contributed by atoms with van der Waals surface area (Å²) in [5.74, 6) is 0.423. The maximum atomic E-state index is 12.5. The van der Waals surface area contributed by atoms with E-state index in [0.29, 0.717) is 55.7 Å². The zero-order chi connectivity index (χ0) is 23.2. The number of nitrogens with one attached hydrogen (secondary N) is 1. The number of fused-ring (bicyclic) bond motifs is 1. The predicted octanol–water partition coefficient (Wildman–Crippen LogP) is 4.04. The number of rotatable bonds is 9. The van der Waals surface area contributed by atoms with Crippen LogP contribution >= 0.6 is 0 Å². The molecule has 0 bridgehead atoms. The highest BCUT2D eigenvalue weighted by atomic mass is 16.5. The largest absolute Gasteiger partial charge is 0.493 e. The van der Waals surface area contributed by atoms with Crippen LogP contribution in [-0.4, -0.2) is 42.0 Å². The van der Waals surface area contributed by atoms with E-state index in [9.17, 15) is 14.4 Å². The second-order valence-corrected chi connectivity index (χ2v) is 8.66. The van der Waals surface area contributed by atoms with Crippen molar-refractivity contribution in [1.82, 2.24) is 5.32 Å². The summed E-state index contributed by atoms with van der Waals surface area (Å²) in [4.78, 5) is 35.8. The normalized spacial score (nSPS) is 19.3. The Bertz CT molecular complexity index is 1010. The number of carbonyl (C=O) groups is 3. The number of Topliss-reactive ketones (excluding diaryl/α,β-unsaturated/α-hetero) is 1. The summed E-state index contributed by atoms with van der Waals surface area (Å²) in [7, 11) is 0. The molecule has 4 rings (SSSR count). The maximum absolute atomic E-state index is 12.5. The molecule has 1 heterocycles. The summed E-state index contributed by atoms with van der Waals surface area (Å²) < 4.78 is 11.4. The minimum absolute atomic E-state index is 0.0176. The number of hydrogen-bond donors (Lipinski definition) is 2. The second-order valence-electron chi connectivity index (χ2n) is 8.66. The number of carboxylic acids is 1. The van der Waals surface area contributed by atoms with Gasteiger partial charge in [0.1, 0.15) is 11.5 Å². The van der Waals surface area contributed by atoms with Gasteiger partial charge in [0.2, 0.25) is 0 Å². The summed E-state index contributed by atoms with van der Waals surface area (Å²) in [6, 6.07) is 12.5. The van der Waals surface area contributed by atoms with Crippen LogP contribution in [0, 0.1) is 5.92 Å². The Morgan fingerprint density at radius 3 is 2.45 bits per heavy atom. The molecule has 7 heteroatoms. The van der Waals surface area contributed by atoms with E-state index in [0.717, 1.165) is 30.6 Å². The molecule has 0 aromatic heterocycles. The highest BCUT2D eigenvalue weighted by Gasteiger charge is 2.26. The van der Waals surface area contributed by atoms with Gasteiger partial charge in [-0.15, -0.1) is 0 Å². The molecule has 1 fully saturated rings. The summed E-state index contributed by atoms with van der Waals surface area (Å²) >= 11 is 0. The molecule has 0 unspecified atom stereocenters. The topological polar surface area (TPSA) is 102 Å². The summed E-state index contributed by atoms with van der Waals surface area (Å²) in [6.45, 7) is 1.09. The molecule has 1 amide bonds. The molecular formula is C26H29NO6. The Balaban J connectivity index is 1.18. The van der Waals surface area contributed by atoms with Gasteiger partial charge in [-0.3, -0.25) is 14.4 Å². The van der Waals surface area contributed by atoms with E-state index in [4.69, 9.17) is 14.6 Å². The van der Waals surface area contributed by atoms with Crippen molar-refractivity contribution < 1.29 is 29.0 Å². The van der Waals surface area contributed by atoms with E-state index in [-0.39, 0.29) is 23.7 Å². The highest BCUT2D eigenvalue weighted by Crippen LogP contribution is 2.28. The van der Waals surface area contributed by atoms with Crippen LogP contribution in [0.3, 0.4) is 0 Å². The molecule has 0 saturated heterocycles. The zero-order valence-electron chi connectivity index (χ0n) is 18.5. The fourth-order valence-electron chi connectivity index (χ4n) is 4.36. The Hall–Kier alpha value is -3.35. The van der Waals surface area contributed by atoms with Gasteiger partial charge in [-0.25, -0.2) is 0 Å². The van der Waals surface area contributed by atoms with Gasteiger partial charge in [0.15, 0.2) is 5.78 Å². The van der Waals surface area contributed by atoms with Crippen LogP contribution in [0.4, 0.5) is 0 Å². The molecule has 0 atom stereocenters. The number of ether oxygens (including phenoxy) is 2. The lowest BCUT2D eigenvalue weighted by atomic mass is 9.87. The van der Waals surface area contributed by atoms with Crippen LogP contribution in [-0.2, 0) is 11.2 Å². The van der Waals surface area contributed by atoms with Gasteiger partial charge < -0.3 is 19.9 Å². The van der Waals surface area contributed by atoms with E-state index in [2.05, 4.69) is 5.32 Å². The zero-order valence-corrected chi connectivity index (χ0v) is 18.5. The van der Waals surface area contributed by atoms with Gasteiger partial charge in [0.05, 0.1) is 18.6 Å². The maximum Gasteiger partial charge on any atom is 0.306 e. The van der Waals surface area contributed by atoms with E-state index >= 15 is 0 Å². The van der Waals surface area contributed by atoms with Crippen LogP contribution < -0.4 is 14.8 Å². The number of carbonyl (C=O) groups excluding carboxylic acids is 2. The van der Waals surface area contributed by atoms with Crippen molar-refractivity contribution in [1.29, 1.82) is 0 Å². The van der Waals surface area contributed by atoms with Crippen molar-refractivity contribution >= 4 is 17.7 Å². The molecule has 2 aromatic carbocycles. The standard InChI is InChI=1S/C26H29NO6/c28-23(2-1-14-27-25(29)20-7-12-24-19(16-20)13-15-32-24)17-3-8-21(9-4-17)33-22-10-5-18(6-11-22)26(30)31/h3-4,7-9,12,16,18,22H,1-2,5-6,10-11,13-15H2,(H,27,29)(H,30,31). The number of amides is 1. The quantitative estimate of drug-likeness (QED) is 0.441. The first-order valence-electron chi connectivity index (χ1n) is 11.6. The SMILES string of the molecule is O=C(CCCNC(=O)c1ccc2c(c1)CCO2)c1ccc(OC2CCC(C(=O)O)CC2)cc1. The molecule has 2 N–H and O–H groups in total. The summed E-state index contributed by atoms with van der Waals surface area (Å²) in [5, 5.41) is 12.0. The fourth-order valence-corrected chi connectivity index (χ4v) is 4.36. The Morgan fingerprint density at radius 1 is 1.00 bits per heavy atom. The third-order valence-electron chi connectivity index (χ3n) is 6.32. The minimum atomic E-state index is -0.728. The Kier molecular flexibility index (Phi) is 7.27. The minimum Gasteiger partial charge on any atom is -0.493 e. The van der Waals surface area contributed by atoms with Gasteiger partial charge in [0, 0.05) is 30.5 Å². The lowest BCUT2D eigenvalue weighted by molar-refractivity contribution is -0.143. The van der Waals surface area contributed by atoms with E-state index in [1.165, 1.54) is 0 Å². The lowest BCUT2D eigenvalue weighted by Crippen LogP contribution is -2.27. The van der Waals surface area contributed by atoms with Crippen molar-refractivity contribution in [3.8, 4) is 11.5 Å². The van der Waals surface area contributed by atoms with Gasteiger partial charge in [0.25, 0.3) is 5.91 Å². The second kappa shape index (κ2) is 10.5. The van der Waals surface area contributed by atoms with Crippen molar-refractivity contribution in [2.45, 2.75) is 51.0 Å². The number of aliphatic carboxylic acids is 1. The lowest BCUT2D eigenvalue weighted by Gasteiger charge is -2.26. The van der Waals surface area contributed by atoms with Crippen molar-refractivity contribution in [3.05, 3.63) is 59.2 Å². The van der Waals surface area contributed by atoms with Crippen LogP contribution in [0.15, 0.2) is 42.5 Å². The number of ketones is 1. The monoisotopic (exact) mass is 451 g/mol. The predicted molar refractivity (Wildman–Crippen MR) is 122 cm³/mol. The van der Waals surface area contributed by atoms with Gasteiger partial charge in [-0.1, -0.05) is 0 Å². The van der Waals surface area contributed by atoms with E-state index in [1.54, 1.807) is 30.3 Å². The number of benzene rings is 2. The number of hydrogen-bond acceptors (Lipinski definition) is 5. The molecule has 33 heavy (non-hydrogen) atoms. The number of carboxylic acid groups (broad SMARTS) is 1. The third-order valence-corrected chi connectivity index (χ3v) is 6.32. The molecule has 1 aliphatic carbocycles. The average Bonchev–Trinajstić information content (AvgIpc) is 3.30. The average molecular weight is 452 g/mol. The fraction of sp³-hybridized carbons (Fsp3) is 0.423. The molecule has 1 aliphatic heterocycles. The summed E-state index contributed by atoms with van der Waals surface area (Å²) in [5.41, 5.74) is 2.28. The first-order valence-corrected chi connectivity index (χ1v) is 11.6. The van der Waals surface area contributed by atoms with Crippen LogP contribution in [0.2, 0.25) is 0 Å². The molecule has 2 aromatic rings. The van der Waals surface area contributed by atoms with E-state index < -0.39 is 5.97 Å². The molecule has 2 aliphatic rings. The first kappa shape index (κ1) is 22.8. The van der Waals surface area contributed by atoms with Crippen LogP contribution in [0.1, 0.15) is 64.8 Å². The first-order chi connectivity index (χ1) is 16.0. The van der Waals surface area contributed by atoms with Gasteiger partial charge in [-0.2, -0.15) is 0 Å². The highest BCUT2D eigenvalue weighted by molar-refractivity contribution is 5.96. The van der Waals surface area contributed by atoms with E-state index in [1.807, 2.05) is 12.1 Å². The van der Waals surface area contributed by atoms with Crippen molar-refractivity contribution in [2.24, 2.45) is 5.92 Å². The Morgan fingerprint density at radius 2 is 1.73 bits per heavy atom. The molecule has 0 radical (unpaired) electrons. The molecule has 1 saturated carbocycles. The molecule has 7 nitrogen and oxygen atoms in total. The smallest absolute Gasteiger partial charge is 0.306 e. The van der Waals surface area contributed by atoms with Crippen LogP contribution in [0.5, 0.6) is 11.5 Å². The van der Waals surface area contributed by atoms with Crippen molar-refractivity contribution in [2.75, 3.05) is 13.2 Å². The Labute approximate surface area is 193 Å². The van der Waals surface area contributed by atoms with Gasteiger partial charge in [-0.05, 0) is 80.1 Å². The molecule has 174 valence electrons. The third kappa shape index (κ3) is 5.92. The molecule has 0 spiro atoms. The van der Waals surface area contributed by atoms with Crippen LogP contribution in [0.25, 0.3) is 0 Å².